The van der Waals surface area contributed by atoms with E-state index in [1.807, 2.05) is 0 Å². The number of carboxylic acids is 1. The van der Waals surface area contributed by atoms with E-state index in [-0.39, 0.29) is 5.41 Å². The molecule has 5 heteroatoms. The second-order valence-corrected chi connectivity index (χ2v) is 6.63. The number of aryl methyl sites for hydroxylation is 1. The summed E-state index contributed by atoms with van der Waals surface area (Å²) in [4.78, 5) is 19.6. The zero-order valence-corrected chi connectivity index (χ0v) is 11.7. The molecule has 0 radical (unpaired) electrons. The van der Waals surface area contributed by atoms with Gasteiger partial charge in [-0.25, -0.2) is 9.97 Å². The second-order valence-electron chi connectivity index (χ2n) is 5.67. The summed E-state index contributed by atoms with van der Waals surface area (Å²) in [5.41, 5.74) is 2.54. The zero-order valence-electron chi connectivity index (χ0n) is 10.9. The lowest BCUT2D eigenvalue weighted by molar-refractivity contribution is -0.138. The fourth-order valence-corrected chi connectivity index (χ4v) is 4.06. The van der Waals surface area contributed by atoms with Crippen molar-refractivity contribution in [2.45, 2.75) is 50.0 Å². The van der Waals surface area contributed by atoms with Crippen LogP contribution in [0.2, 0.25) is 0 Å². The van der Waals surface area contributed by atoms with Crippen LogP contribution in [0, 0.1) is 5.41 Å². The molecule has 2 aliphatic carbocycles. The highest BCUT2D eigenvalue weighted by molar-refractivity contribution is 7.99. The fraction of sp³-hybridized carbons (Fsp3) is 0.643. The average molecular weight is 278 g/mol. The van der Waals surface area contributed by atoms with E-state index in [0.29, 0.717) is 6.42 Å². The summed E-state index contributed by atoms with van der Waals surface area (Å²) in [6, 6.07) is 0. The fourth-order valence-electron chi connectivity index (χ4n) is 2.71. The third kappa shape index (κ3) is 2.91. The van der Waals surface area contributed by atoms with Crippen LogP contribution in [-0.4, -0.2) is 26.8 Å². The molecule has 0 saturated heterocycles. The summed E-state index contributed by atoms with van der Waals surface area (Å²) in [5, 5.41) is 10.0. The minimum Gasteiger partial charge on any atom is -0.481 e. The van der Waals surface area contributed by atoms with E-state index in [0.717, 1.165) is 36.5 Å². The van der Waals surface area contributed by atoms with Gasteiger partial charge in [0.2, 0.25) is 0 Å². The number of carboxylic acid groups (broad SMARTS) is 1. The maximum Gasteiger partial charge on any atom is 0.303 e. The summed E-state index contributed by atoms with van der Waals surface area (Å²) < 4.78 is 0. The molecular weight excluding hydrogens is 260 g/mol. The molecule has 1 saturated carbocycles. The monoisotopic (exact) mass is 278 g/mol. The molecule has 0 spiro atoms. The molecule has 1 fully saturated rings. The Morgan fingerprint density at radius 3 is 2.84 bits per heavy atom. The predicted molar refractivity (Wildman–Crippen MR) is 73.3 cm³/mol. The van der Waals surface area contributed by atoms with Gasteiger partial charge in [0.25, 0.3) is 0 Å². The number of nitrogens with zero attached hydrogens (tertiary/aromatic N) is 2. The largest absolute Gasteiger partial charge is 0.481 e. The molecule has 1 N–H and O–H groups in total. The highest BCUT2D eigenvalue weighted by atomic mass is 32.2. The molecule has 1 aromatic rings. The molecule has 0 unspecified atom stereocenters. The molecule has 0 aromatic carbocycles. The normalized spacial score (nSPS) is 19.8. The third-order valence-corrected chi connectivity index (χ3v) is 5.47. The number of hydrogen-bond donors (Lipinski definition) is 1. The lowest BCUT2D eigenvalue weighted by Crippen LogP contribution is -2.12. The lowest BCUT2D eigenvalue weighted by Gasteiger charge is -2.18. The van der Waals surface area contributed by atoms with Gasteiger partial charge in [-0.3, -0.25) is 4.79 Å². The van der Waals surface area contributed by atoms with Crippen LogP contribution in [-0.2, 0) is 17.6 Å². The summed E-state index contributed by atoms with van der Waals surface area (Å²) in [6.07, 6.45) is 8.61. The van der Waals surface area contributed by atoms with E-state index in [1.165, 1.54) is 24.1 Å². The predicted octanol–water partition coefficient (Wildman–Crippen LogP) is 2.70. The van der Waals surface area contributed by atoms with E-state index >= 15 is 0 Å². The van der Waals surface area contributed by atoms with Crippen LogP contribution in [0.3, 0.4) is 0 Å². The molecule has 0 aliphatic heterocycles. The second kappa shape index (κ2) is 5.12. The summed E-state index contributed by atoms with van der Waals surface area (Å²) in [7, 11) is 0. The first-order chi connectivity index (χ1) is 9.19. The van der Waals surface area contributed by atoms with Gasteiger partial charge in [0.05, 0.1) is 6.42 Å². The number of thioether (sulfide) groups is 1. The lowest BCUT2D eigenvalue weighted by atomic mass is 9.98. The number of rotatable bonds is 5. The van der Waals surface area contributed by atoms with Crippen molar-refractivity contribution in [2.75, 3.05) is 5.75 Å². The van der Waals surface area contributed by atoms with E-state index < -0.39 is 5.97 Å². The van der Waals surface area contributed by atoms with Gasteiger partial charge in [0, 0.05) is 17.0 Å². The Morgan fingerprint density at radius 2 is 2.11 bits per heavy atom. The van der Waals surface area contributed by atoms with Gasteiger partial charge < -0.3 is 5.11 Å². The number of aromatic nitrogens is 2. The third-order valence-electron chi connectivity index (χ3n) is 4.08. The van der Waals surface area contributed by atoms with Crippen LogP contribution in [0.5, 0.6) is 0 Å². The van der Waals surface area contributed by atoms with Crippen molar-refractivity contribution in [3.63, 3.8) is 0 Å². The maximum atomic E-state index is 10.9. The summed E-state index contributed by atoms with van der Waals surface area (Å²) in [5.74, 6) is 0.200. The molecule has 19 heavy (non-hydrogen) atoms. The minimum absolute atomic E-state index is 0.0308. The van der Waals surface area contributed by atoms with Gasteiger partial charge in [0.15, 0.2) is 0 Å². The van der Waals surface area contributed by atoms with Crippen LogP contribution in [0.25, 0.3) is 0 Å². The standard InChI is InChI=1S/C14H18N2O2S/c17-12(18)7-14(5-6-14)8-19-13-10-3-1-2-4-11(10)15-9-16-13/h9H,1-8H2,(H,17,18). The Bertz CT molecular complexity index is 500. The molecule has 102 valence electrons. The smallest absolute Gasteiger partial charge is 0.303 e. The molecule has 3 rings (SSSR count). The van der Waals surface area contributed by atoms with Crippen LogP contribution in [0.4, 0.5) is 0 Å². The average Bonchev–Trinajstić information content (AvgIpc) is 3.15. The highest BCUT2D eigenvalue weighted by Gasteiger charge is 2.44. The van der Waals surface area contributed by atoms with Crippen molar-refractivity contribution in [1.29, 1.82) is 0 Å². The molecule has 4 nitrogen and oxygen atoms in total. The van der Waals surface area contributed by atoms with Gasteiger partial charge in [-0.15, -0.1) is 11.8 Å². The van der Waals surface area contributed by atoms with Gasteiger partial charge in [-0.2, -0.15) is 0 Å². The van der Waals surface area contributed by atoms with Crippen LogP contribution in [0.15, 0.2) is 11.4 Å². The number of hydrogen-bond acceptors (Lipinski definition) is 4. The topological polar surface area (TPSA) is 63.1 Å². The quantitative estimate of drug-likeness (QED) is 0.662. The van der Waals surface area contributed by atoms with Crippen molar-refractivity contribution >= 4 is 17.7 Å². The Labute approximate surface area is 117 Å². The first-order valence-electron chi connectivity index (χ1n) is 6.86. The van der Waals surface area contributed by atoms with Gasteiger partial charge in [-0.05, 0) is 43.9 Å². The molecule has 0 bridgehead atoms. The Hall–Kier alpha value is -1.10. The molecule has 0 amide bonds. The van der Waals surface area contributed by atoms with Gasteiger partial charge >= 0.3 is 5.97 Å². The molecule has 0 atom stereocenters. The van der Waals surface area contributed by atoms with Crippen LogP contribution < -0.4 is 0 Å². The molecule has 1 heterocycles. The first kappa shape index (κ1) is 12.9. The van der Waals surface area contributed by atoms with Crippen molar-refractivity contribution < 1.29 is 9.90 Å². The maximum absolute atomic E-state index is 10.9. The SMILES string of the molecule is O=C(O)CC1(CSc2ncnc3c2CCCC3)CC1. The van der Waals surface area contributed by atoms with Crippen molar-refractivity contribution in [3.8, 4) is 0 Å². The molecule has 2 aliphatic rings. The van der Waals surface area contributed by atoms with Crippen molar-refractivity contribution in [3.05, 3.63) is 17.6 Å². The summed E-state index contributed by atoms with van der Waals surface area (Å²) in [6.45, 7) is 0. The molecule has 1 aromatic heterocycles. The summed E-state index contributed by atoms with van der Waals surface area (Å²) >= 11 is 1.73. The van der Waals surface area contributed by atoms with Gasteiger partial charge in [0.1, 0.15) is 11.4 Å². The Morgan fingerprint density at radius 1 is 1.32 bits per heavy atom. The van der Waals surface area contributed by atoms with E-state index in [9.17, 15) is 4.79 Å². The van der Waals surface area contributed by atoms with Crippen LogP contribution in [0.1, 0.15) is 43.4 Å². The number of aliphatic carboxylic acids is 1. The number of fused-ring (bicyclic) bond motifs is 1. The van der Waals surface area contributed by atoms with E-state index in [4.69, 9.17) is 5.11 Å². The Balaban J connectivity index is 1.69. The van der Waals surface area contributed by atoms with E-state index in [1.54, 1.807) is 18.1 Å². The highest BCUT2D eigenvalue weighted by Crippen LogP contribution is 2.52. The van der Waals surface area contributed by atoms with Crippen molar-refractivity contribution in [2.24, 2.45) is 5.41 Å². The number of carbonyl (C=O) groups is 1. The first-order valence-corrected chi connectivity index (χ1v) is 7.84. The van der Waals surface area contributed by atoms with E-state index in [2.05, 4.69) is 9.97 Å². The van der Waals surface area contributed by atoms with Crippen LogP contribution >= 0.6 is 11.8 Å². The Kier molecular flexibility index (Phi) is 3.48. The van der Waals surface area contributed by atoms with Gasteiger partial charge in [-0.1, -0.05) is 0 Å². The van der Waals surface area contributed by atoms with Crippen molar-refractivity contribution in [1.82, 2.24) is 9.97 Å². The zero-order chi connectivity index (χ0) is 13.3. The molecular formula is C14H18N2O2S. The minimum atomic E-state index is -0.678.